The first kappa shape index (κ1) is 12.4. The van der Waals surface area contributed by atoms with E-state index in [1.807, 2.05) is 61.5 Å². The molecule has 4 heteroatoms. The molecule has 1 heterocycles. The topological polar surface area (TPSA) is 44.7 Å². The number of hydrogen-bond acceptors (Lipinski definition) is 2. The van der Waals surface area contributed by atoms with Crippen LogP contribution in [-0.2, 0) is 6.54 Å². The molecular formula is C16H15N3O. The predicted molar refractivity (Wildman–Crippen MR) is 79.7 cm³/mol. The number of nitrogens with one attached hydrogen (secondary N) is 1. The van der Waals surface area contributed by atoms with Crippen molar-refractivity contribution >= 4 is 17.4 Å². The van der Waals surface area contributed by atoms with Gasteiger partial charge in [0.15, 0.2) is 0 Å². The molecule has 0 saturated carbocycles. The second-order valence-corrected chi connectivity index (χ2v) is 4.70. The van der Waals surface area contributed by atoms with Crippen LogP contribution in [0.5, 0.6) is 0 Å². The van der Waals surface area contributed by atoms with Crippen LogP contribution in [0.1, 0.15) is 18.1 Å². The number of benzene rings is 2. The number of hydrogen-bond donors (Lipinski definition) is 1. The van der Waals surface area contributed by atoms with Crippen LogP contribution in [-0.4, -0.2) is 16.8 Å². The molecule has 0 saturated heterocycles. The molecule has 1 N–H and O–H groups in total. The van der Waals surface area contributed by atoms with Crippen LogP contribution >= 0.6 is 0 Å². The van der Waals surface area contributed by atoms with E-state index in [4.69, 9.17) is 0 Å². The lowest BCUT2D eigenvalue weighted by Crippen LogP contribution is -2.29. The van der Waals surface area contributed by atoms with Crippen molar-refractivity contribution in [2.24, 2.45) is 5.10 Å². The number of amides is 2. The zero-order chi connectivity index (χ0) is 13.9. The van der Waals surface area contributed by atoms with E-state index >= 15 is 0 Å². The lowest BCUT2D eigenvalue weighted by molar-refractivity contribution is 0.212. The van der Waals surface area contributed by atoms with E-state index in [9.17, 15) is 4.79 Å². The van der Waals surface area contributed by atoms with Crippen LogP contribution in [0.4, 0.5) is 10.5 Å². The Hall–Kier alpha value is -2.62. The number of rotatable bonds is 2. The fourth-order valence-electron chi connectivity index (χ4n) is 2.23. The SMILES string of the molecule is CC1=NN(Cc2ccccc2)C(=O)Nc2ccccc21. The van der Waals surface area contributed by atoms with Crippen molar-refractivity contribution < 1.29 is 4.79 Å². The van der Waals surface area contributed by atoms with Crippen molar-refractivity contribution in [1.82, 2.24) is 5.01 Å². The number of fused-ring (bicyclic) bond motifs is 1. The molecule has 2 aromatic carbocycles. The standard InChI is InChI=1S/C16H15N3O/c1-12-14-9-5-6-10-15(14)17-16(20)19(18-12)11-13-7-3-2-4-8-13/h2-10H,11H2,1H3,(H,17,20). The fraction of sp³-hybridized carbons (Fsp3) is 0.125. The van der Waals surface area contributed by atoms with Gasteiger partial charge in [0.05, 0.1) is 17.9 Å². The van der Waals surface area contributed by atoms with Gasteiger partial charge in [-0.25, -0.2) is 9.80 Å². The van der Waals surface area contributed by atoms with Gasteiger partial charge in [-0.3, -0.25) is 0 Å². The summed E-state index contributed by atoms with van der Waals surface area (Å²) in [5, 5.41) is 8.79. The molecule has 0 fully saturated rings. The molecule has 0 aromatic heterocycles. The molecule has 4 nitrogen and oxygen atoms in total. The van der Waals surface area contributed by atoms with Gasteiger partial charge in [0.1, 0.15) is 0 Å². The highest BCUT2D eigenvalue weighted by molar-refractivity contribution is 6.08. The third kappa shape index (κ3) is 2.40. The molecule has 0 aliphatic carbocycles. The van der Waals surface area contributed by atoms with Crippen molar-refractivity contribution in [2.75, 3.05) is 5.32 Å². The largest absolute Gasteiger partial charge is 0.342 e. The molecule has 0 spiro atoms. The first-order chi connectivity index (χ1) is 9.74. The fourth-order valence-corrected chi connectivity index (χ4v) is 2.23. The first-order valence-corrected chi connectivity index (χ1v) is 6.51. The minimum Gasteiger partial charge on any atom is -0.306 e. The van der Waals surface area contributed by atoms with Crippen molar-refractivity contribution in [3.63, 3.8) is 0 Å². The average molecular weight is 265 g/mol. The zero-order valence-corrected chi connectivity index (χ0v) is 11.2. The Morgan fingerprint density at radius 1 is 1.05 bits per heavy atom. The van der Waals surface area contributed by atoms with Crippen LogP contribution in [0.2, 0.25) is 0 Å². The van der Waals surface area contributed by atoms with Gasteiger partial charge >= 0.3 is 6.03 Å². The highest BCUT2D eigenvalue weighted by Gasteiger charge is 2.20. The van der Waals surface area contributed by atoms with Gasteiger partial charge in [0.25, 0.3) is 0 Å². The Balaban J connectivity index is 1.92. The van der Waals surface area contributed by atoms with Gasteiger partial charge in [0.2, 0.25) is 0 Å². The summed E-state index contributed by atoms with van der Waals surface area (Å²) in [4.78, 5) is 12.2. The van der Waals surface area contributed by atoms with Crippen molar-refractivity contribution in [2.45, 2.75) is 13.5 Å². The van der Waals surface area contributed by atoms with Crippen molar-refractivity contribution in [1.29, 1.82) is 0 Å². The summed E-state index contributed by atoms with van der Waals surface area (Å²) in [5.41, 5.74) is 3.63. The second kappa shape index (κ2) is 5.17. The van der Waals surface area contributed by atoms with Gasteiger partial charge in [0, 0.05) is 5.56 Å². The van der Waals surface area contributed by atoms with Crippen LogP contribution in [0.15, 0.2) is 59.7 Å². The third-order valence-corrected chi connectivity index (χ3v) is 3.24. The number of para-hydroxylation sites is 1. The summed E-state index contributed by atoms with van der Waals surface area (Å²) >= 11 is 0. The Morgan fingerprint density at radius 2 is 1.75 bits per heavy atom. The Morgan fingerprint density at radius 3 is 2.55 bits per heavy atom. The van der Waals surface area contributed by atoms with Gasteiger partial charge in [-0.15, -0.1) is 0 Å². The van der Waals surface area contributed by atoms with Gasteiger partial charge in [-0.05, 0) is 18.6 Å². The summed E-state index contributed by atoms with van der Waals surface area (Å²) < 4.78 is 0. The quantitative estimate of drug-likeness (QED) is 0.888. The Kier molecular flexibility index (Phi) is 3.21. The molecule has 0 bridgehead atoms. The van der Waals surface area contributed by atoms with Crippen molar-refractivity contribution in [3.8, 4) is 0 Å². The molecular weight excluding hydrogens is 250 g/mol. The summed E-state index contributed by atoms with van der Waals surface area (Å²) in [6, 6.07) is 17.3. The summed E-state index contributed by atoms with van der Waals surface area (Å²) in [6.45, 7) is 2.37. The number of carbonyl (C=O) groups excluding carboxylic acids is 1. The highest BCUT2D eigenvalue weighted by Crippen LogP contribution is 2.21. The van der Waals surface area contributed by atoms with Crippen LogP contribution in [0, 0.1) is 0 Å². The molecule has 0 atom stereocenters. The molecule has 1 aliphatic heterocycles. The highest BCUT2D eigenvalue weighted by atomic mass is 16.2. The number of urea groups is 1. The average Bonchev–Trinajstić information content (AvgIpc) is 2.58. The lowest BCUT2D eigenvalue weighted by atomic mass is 10.1. The molecule has 0 radical (unpaired) electrons. The Labute approximate surface area is 117 Å². The maximum absolute atomic E-state index is 12.2. The molecule has 1 aliphatic rings. The number of hydrazone groups is 1. The summed E-state index contributed by atoms with van der Waals surface area (Å²) in [5.74, 6) is 0. The smallest absolute Gasteiger partial charge is 0.306 e. The van der Waals surface area contributed by atoms with E-state index in [1.165, 1.54) is 5.01 Å². The number of carbonyl (C=O) groups is 1. The molecule has 20 heavy (non-hydrogen) atoms. The van der Waals surface area contributed by atoms with E-state index < -0.39 is 0 Å². The Bertz CT molecular complexity index is 664. The number of nitrogens with zero attached hydrogens (tertiary/aromatic N) is 2. The molecule has 2 amide bonds. The molecule has 0 unspecified atom stereocenters. The monoisotopic (exact) mass is 265 g/mol. The first-order valence-electron chi connectivity index (χ1n) is 6.51. The maximum atomic E-state index is 12.2. The molecule has 2 aromatic rings. The van der Waals surface area contributed by atoms with E-state index in [0.29, 0.717) is 6.54 Å². The molecule has 3 rings (SSSR count). The minimum atomic E-state index is -0.210. The normalized spacial score (nSPS) is 14.2. The van der Waals surface area contributed by atoms with E-state index in [2.05, 4.69) is 10.4 Å². The second-order valence-electron chi connectivity index (χ2n) is 4.70. The zero-order valence-electron chi connectivity index (χ0n) is 11.2. The maximum Gasteiger partial charge on any atom is 0.342 e. The van der Waals surface area contributed by atoms with E-state index in [0.717, 1.165) is 22.5 Å². The van der Waals surface area contributed by atoms with Crippen LogP contribution in [0.3, 0.4) is 0 Å². The molecule has 100 valence electrons. The minimum absolute atomic E-state index is 0.210. The third-order valence-electron chi connectivity index (χ3n) is 3.24. The van der Waals surface area contributed by atoms with E-state index in [-0.39, 0.29) is 6.03 Å². The summed E-state index contributed by atoms with van der Waals surface area (Å²) in [6.07, 6.45) is 0. The number of anilines is 1. The van der Waals surface area contributed by atoms with Gasteiger partial charge in [-0.1, -0.05) is 48.5 Å². The van der Waals surface area contributed by atoms with Crippen LogP contribution < -0.4 is 5.32 Å². The predicted octanol–water partition coefficient (Wildman–Crippen LogP) is 3.46. The van der Waals surface area contributed by atoms with Crippen molar-refractivity contribution in [3.05, 3.63) is 65.7 Å². The van der Waals surface area contributed by atoms with E-state index in [1.54, 1.807) is 0 Å². The van der Waals surface area contributed by atoms with Gasteiger partial charge < -0.3 is 5.32 Å². The van der Waals surface area contributed by atoms with Crippen LogP contribution in [0.25, 0.3) is 0 Å². The lowest BCUT2D eigenvalue weighted by Gasteiger charge is -2.16. The van der Waals surface area contributed by atoms with Gasteiger partial charge in [-0.2, -0.15) is 5.10 Å². The summed E-state index contributed by atoms with van der Waals surface area (Å²) in [7, 11) is 0.